The van der Waals surface area contributed by atoms with Crippen LogP contribution in [0.2, 0.25) is 0 Å². The maximum Gasteiger partial charge on any atom is 0.416 e. The lowest BCUT2D eigenvalue weighted by Crippen LogP contribution is -2.44. The average molecular weight is 426 g/mol. The second-order valence-electron chi connectivity index (χ2n) is 7.00. The van der Waals surface area contributed by atoms with Crippen LogP contribution in [0.1, 0.15) is 24.0 Å². The molecule has 0 aliphatic carbocycles. The molecule has 0 spiro atoms. The highest BCUT2D eigenvalue weighted by molar-refractivity contribution is 7.88. The van der Waals surface area contributed by atoms with Crippen LogP contribution in [0.15, 0.2) is 54.6 Å². The first kappa shape index (κ1) is 21.3. The molecule has 1 aliphatic rings. The van der Waals surface area contributed by atoms with Gasteiger partial charge in [-0.15, -0.1) is 0 Å². The molecular weight excluding hydrogens is 405 g/mol. The zero-order valence-electron chi connectivity index (χ0n) is 15.5. The van der Waals surface area contributed by atoms with E-state index >= 15 is 0 Å². The first-order chi connectivity index (χ1) is 13.6. The minimum atomic E-state index is -4.44. The number of benzene rings is 2. The predicted molar refractivity (Wildman–Crippen MR) is 103 cm³/mol. The SMILES string of the molecule is O=C(Nc1ccc(C(F)(F)F)cc1)[C@@H]1CCCN(S(=O)(=O)Cc2ccccc2)C1. The molecule has 0 saturated carbocycles. The average Bonchev–Trinajstić information content (AvgIpc) is 2.68. The Morgan fingerprint density at radius 1 is 1.07 bits per heavy atom. The van der Waals surface area contributed by atoms with Gasteiger partial charge in [0, 0.05) is 18.8 Å². The van der Waals surface area contributed by atoms with Gasteiger partial charge in [-0.2, -0.15) is 13.2 Å². The van der Waals surface area contributed by atoms with Crippen LogP contribution in [0.3, 0.4) is 0 Å². The van der Waals surface area contributed by atoms with Gasteiger partial charge in [0.25, 0.3) is 0 Å². The molecule has 5 nitrogen and oxygen atoms in total. The summed E-state index contributed by atoms with van der Waals surface area (Å²) >= 11 is 0. The molecular formula is C20H21F3N2O3S. The van der Waals surface area contributed by atoms with E-state index in [1.165, 1.54) is 16.4 Å². The normalized spacial score (nSPS) is 18.4. The first-order valence-corrected chi connectivity index (χ1v) is 10.8. The Labute approximate surface area is 167 Å². The maximum absolute atomic E-state index is 12.7. The van der Waals surface area contributed by atoms with Crippen molar-refractivity contribution < 1.29 is 26.4 Å². The Kier molecular flexibility index (Phi) is 6.28. The van der Waals surface area contributed by atoms with Crippen LogP contribution < -0.4 is 5.32 Å². The van der Waals surface area contributed by atoms with Gasteiger partial charge in [-0.25, -0.2) is 12.7 Å². The van der Waals surface area contributed by atoms with E-state index in [9.17, 15) is 26.4 Å². The van der Waals surface area contributed by atoms with E-state index in [-0.39, 0.29) is 18.0 Å². The van der Waals surface area contributed by atoms with Crippen LogP contribution in [0.5, 0.6) is 0 Å². The number of amides is 1. The van der Waals surface area contributed by atoms with Crippen molar-refractivity contribution in [2.45, 2.75) is 24.8 Å². The summed E-state index contributed by atoms with van der Waals surface area (Å²) in [5.74, 6) is -1.10. The lowest BCUT2D eigenvalue weighted by Gasteiger charge is -2.31. The number of nitrogens with zero attached hydrogens (tertiary/aromatic N) is 1. The molecule has 1 aliphatic heterocycles. The maximum atomic E-state index is 12.7. The molecule has 9 heteroatoms. The smallest absolute Gasteiger partial charge is 0.326 e. The van der Waals surface area contributed by atoms with E-state index in [1.807, 2.05) is 0 Å². The van der Waals surface area contributed by atoms with Gasteiger partial charge in [0.1, 0.15) is 0 Å². The Hall–Kier alpha value is -2.39. The number of halogens is 3. The highest BCUT2D eigenvalue weighted by atomic mass is 32.2. The molecule has 1 fully saturated rings. The van der Waals surface area contributed by atoms with Crippen molar-refractivity contribution in [2.24, 2.45) is 5.92 Å². The summed E-state index contributed by atoms with van der Waals surface area (Å²) in [6, 6.07) is 13.0. The lowest BCUT2D eigenvalue weighted by molar-refractivity contribution is -0.137. The largest absolute Gasteiger partial charge is 0.416 e. The van der Waals surface area contributed by atoms with Gasteiger partial charge < -0.3 is 5.32 Å². The van der Waals surface area contributed by atoms with Crippen molar-refractivity contribution >= 4 is 21.6 Å². The summed E-state index contributed by atoms with van der Waals surface area (Å²) in [5.41, 5.74) is 0.113. The molecule has 0 unspecified atom stereocenters. The van der Waals surface area contributed by atoms with Crippen molar-refractivity contribution in [1.82, 2.24) is 4.31 Å². The number of alkyl halides is 3. The lowest BCUT2D eigenvalue weighted by atomic mass is 9.98. The third-order valence-corrected chi connectivity index (χ3v) is 6.64. The molecule has 1 N–H and O–H groups in total. The summed E-state index contributed by atoms with van der Waals surface area (Å²) in [6.07, 6.45) is -3.39. The third-order valence-electron chi connectivity index (χ3n) is 4.82. The van der Waals surface area contributed by atoms with Crippen molar-refractivity contribution in [2.75, 3.05) is 18.4 Å². The molecule has 0 bridgehead atoms. The topological polar surface area (TPSA) is 66.5 Å². The van der Waals surface area contributed by atoms with E-state index < -0.39 is 33.6 Å². The van der Waals surface area contributed by atoms with E-state index in [2.05, 4.69) is 5.32 Å². The minimum Gasteiger partial charge on any atom is -0.326 e. The molecule has 2 aromatic rings. The van der Waals surface area contributed by atoms with E-state index in [1.54, 1.807) is 30.3 Å². The van der Waals surface area contributed by atoms with Crippen molar-refractivity contribution in [1.29, 1.82) is 0 Å². The number of hydrogen-bond acceptors (Lipinski definition) is 3. The number of nitrogens with one attached hydrogen (secondary N) is 1. The third kappa shape index (κ3) is 5.57. The van der Waals surface area contributed by atoms with Crippen LogP contribution >= 0.6 is 0 Å². The molecule has 2 aromatic carbocycles. The second kappa shape index (κ2) is 8.54. The number of carbonyl (C=O) groups excluding carboxylic acids is 1. The van der Waals surface area contributed by atoms with Gasteiger partial charge in [-0.05, 0) is 42.7 Å². The van der Waals surface area contributed by atoms with E-state index in [0.717, 1.165) is 12.1 Å². The van der Waals surface area contributed by atoms with E-state index in [0.29, 0.717) is 24.9 Å². The Balaban J connectivity index is 1.63. The summed E-state index contributed by atoms with van der Waals surface area (Å²) in [7, 11) is -3.57. The quantitative estimate of drug-likeness (QED) is 0.789. The molecule has 3 rings (SSSR count). The number of sulfonamides is 1. The van der Waals surface area contributed by atoms with Crippen molar-refractivity contribution in [3.8, 4) is 0 Å². The first-order valence-electron chi connectivity index (χ1n) is 9.15. The van der Waals surface area contributed by atoms with Gasteiger partial charge in [-0.1, -0.05) is 30.3 Å². The fraction of sp³-hybridized carbons (Fsp3) is 0.350. The van der Waals surface area contributed by atoms with Crippen LogP contribution in [0.25, 0.3) is 0 Å². The monoisotopic (exact) mass is 426 g/mol. The minimum absolute atomic E-state index is 0.0572. The van der Waals surface area contributed by atoms with E-state index in [4.69, 9.17) is 0 Å². The number of carbonyl (C=O) groups is 1. The predicted octanol–water partition coefficient (Wildman–Crippen LogP) is 3.89. The molecule has 156 valence electrons. The number of anilines is 1. The van der Waals surface area contributed by atoms with Gasteiger partial charge >= 0.3 is 6.18 Å². The fourth-order valence-electron chi connectivity index (χ4n) is 3.27. The molecule has 1 heterocycles. The highest BCUT2D eigenvalue weighted by Crippen LogP contribution is 2.30. The molecule has 1 saturated heterocycles. The molecule has 0 aromatic heterocycles. The molecule has 1 amide bonds. The summed E-state index contributed by atoms with van der Waals surface area (Å²) < 4.78 is 64.6. The number of piperidine rings is 1. The summed E-state index contributed by atoms with van der Waals surface area (Å²) in [6.45, 7) is 0.404. The Bertz CT molecular complexity index is 945. The standard InChI is InChI=1S/C20H21F3N2O3S/c21-20(22,23)17-8-10-18(11-9-17)24-19(26)16-7-4-12-25(13-16)29(27,28)14-15-5-2-1-3-6-15/h1-3,5-6,8-11,16H,4,7,12-14H2,(H,24,26)/t16-/m1/s1. The summed E-state index contributed by atoms with van der Waals surface area (Å²) in [5, 5.41) is 2.58. The van der Waals surface area contributed by atoms with Gasteiger partial charge in [-0.3, -0.25) is 4.79 Å². The Morgan fingerprint density at radius 3 is 2.34 bits per heavy atom. The Morgan fingerprint density at radius 2 is 1.72 bits per heavy atom. The van der Waals surface area contributed by atoms with Crippen LogP contribution in [0, 0.1) is 5.92 Å². The van der Waals surface area contributed by atoms with Gasteiger partial charge in [0.15, 0.2) is 0 Å². The highest BCUT2D eigenvalue weighted by Gasteiger charge is 2.33. The van der Waals surface area contributed by atoms with Gasteiger partial charge in [0.2, 0.25) is 15.9 Å². The second-order valence-corrected chi connectivity index (χ2v) is 8.97. The number of rotatable bonds is 5. The van der Waals surface area contributed by atoms with Gasteiger partial charge in [0.05, 0.1) is 17.2 Å². The fourth-order valence-corrected chi connectivity index (χ4v) is 4.88. The molecule has 1 atom stereocenters. The van der Waals surface area contributed by atoms with Crippen LogP contribution in [0.4, 0.5) is 18.9 Å². The van der Waals surface area contributed by atoms with Crippen LogP contribution in [-0.2, 0) is 26.7 Å². The van der Waals surface area contributed by atoms with Crippen LogP contribution in [-0.4, -0.2) is 31.7 Å². The molecule has 0 radical (unpaired) electrons. The van der Waals surface area contributed by atoms with Crippen molar-refractivity contribution in [3.63, 3.8) is 0 Å². The molecule has 29 heavy (non-hydrogen) atoms. The zero-order valence-corrected chi connectivity index (χ0v) is 16.3. The number of hydrogen-bond donors (Lipinski definition) is 1. The zero-order chi connectivity index (χ0) is 21.1. The summed E-state index contributed by atoms with van der Waals surface area (Å²) in [4.78, 5) is 12.5. The van der Waals surface area contributed by atoms with Crippen molar-refractivity contribution in [3.05, 3.63) is 65.7 Å².